The van der Waals surface area contributed by atoms with Crippen molar-refractivity contribution in [2.75, 3.05) is 0 Å². The van der Waals surface area contributed by atoms with Gasteiger partial charge in [-0.05, 0) is 0 Å². The summed E-state index contributed by atoms with van der Waals surface area (Å²) in [4.78, 5) is 2.46. The van der Waals surface area contributed by atoms with Gasteiger partial charge in [-0.1, -0.05) is 0 Å². The summed E-state index contributed by atoms with van der Waals surface area (Å²) in [6, 6.07) is 14.0. The van der Waals surface area contributed by atoms with E-state index in [1.54, 1.807) is 10.5 Å². The molecule has 4 heteroatoms. The Morgan fingerprint density at radius 2 is 1.64 bits per heavy atom. The first kappa shape index (κ1) is 20.9. The minimum atomic E-state index is -2.24. The standard InChI is InChI=1S/C29H29FGeNO/c1-18-12-13-20-21-14-15-23(30)27(22-17-31(2,3)24-10-6-5-9-19(22)24)29(21)33-28(20)26(18)25-11-7-8-16-32(25)4/h7-8,11-17H,5-6,9-10H2,1-4H3/q+1. The Kier molecular flexibility index (Phi) is 4.71. The van der Waals surface area contributed by atoms with Crippen molar-refractivity contribution in [1.82, 2.24) is 0 Å². The number of rotatable bonds is 2. The molecule has 0 unspecified atom stereocenters. The molecule has 0 radical (unpaired) electrons. The van der Waals surface area contributed by atoms with Crippen LogP contribution in [-0.4, -0.2) is 13.3 Å². The Hall–Kier alpha value is -2.66. The fourth-order valence-electron chi connectivity index (χ4n) is 6.00. The molecule has 33 heavy (non-hydrogen) atoms. The van der Waals surface area contributed by atoms with Gasteiger partial charge < -0.3 is 0 Å². The van der Waals surface area contributed by atoms with E-state index in [2.05, 4.69) is 65.4 Å². The first-order valence-electron chi connectivity index (χ1n) is 11.9. The van der Waals surface area contributed by atoms with Crippen LogP contribution in [0.2, 0.25) is 11.5 Å². The molecule has 2 aromatic carbocycles. The molecule has 0 amide bonds. The number of nitrogens with zero attached hydrogens (tertiary/aromatic N) is 1. The molecule has 4 aromatic rings. The summed E-state index contributed by atoms with van der Waals surface area (Å²) < 4.78 is 26.0. The second kappa shape index (κ2) is 7.43. The third kappa shape index (κ3) is 3.08. The van der Waals surface area contributed by atoms with Gasteiger partial charge in [-0.3, -0.25) is 0 Å². The van der Waals surface area contributed by atoms with Crippen LogP contribution in [-0.2, 0) is 7.05 Å². The van der Waals surface area contributed by atoms with Crippen molar-refractivity contribution in [3.8, 4) is 11.3 Å². The molecule has 6 rings (SSSR count). The third-order valence-corrected chi connectivity index (χ3v) is 14.2. The average Bonchev–Trinajstić information content (AvgIpc) is 3.29. The molecule has 1 aliphatic heterocycles. The van der Waals surface area contributed by atoms with E-state index < -0.39 is 13.3 Å². The van der Waals surface area contributed by atoms with E-state index >= 15 is 4.39 Å². The number of aryl methyl sites for hydroxylation is 2. The summed E-state index contributed by atoms with van der Waals surface area (Å²) in [5.74, 6) is 4.72. The Bertz CT molecular complexity index is 1520. The molecule has 0 saturated heterocycles. The molecular formula is C29H29FGeNO+. The van der Waals surface area contributed by atoms with Crippen molar-refractivity contribution in [3.05, 3.63) is 80.5 Å². The van der Waals surface area contributed by atoms with Crippen molar-refractivity contribution < 1.29 is 13.4 Å². The molecular weight excluding hydrogens is 470 g/mol. The van der Waals surface area contributed by atoms with Crippen molar-refractivity contribution in [2.24, 2.45) is 7.05 Å². The number of fused-ring (bicyclic) bond motifs is 3. The molecule has 2 aromatic heterocycles. The van der Waals surface area contributed by atoms with Crippen molar-refractivity contribution >= 4 is 40.8 Å². The van der Waals surface area contributed by atoms with Crippen LogP contribution in [0.3, 0.4) is 0 Å². The molecule has 0 spiro atoms. The summed E-state index contributed by atoms with van der Waals surface area (Å²) in [7, 11) is 2.05. The number of hydrogen-bond acceptors (Lipinski definition) is 1. The number of halogens is 1. The molecule has 2 nitrogen and oxygen atoms in total. The first-order valence-corrected chi connectivity index (χ1v) is 18.4. The zero-order valence-electron chi connectivity index (χ0n) is 19.8. The Labute approximate surface area is 196 Å². The molecule has 1 aliphatic carbocycles. The van der Waals surface area contributed by atoms with Gasteiger partial charge in [0, 0.05) is 0 Å². The molecule has 0 N–H and O–H groups in total. The number of pyridine rings is 1. The Morgan fingerprint density at radius 3 is 2.42 bits per heavy atom. The minimum absolute atomic E-state index is 0.172. The van der Waals surface area contributed by atoms with E-state index in [0.29, 0.717) is 11.1 Å². The van der Waals surface area contributed by atoms with Crippen LogP contribution in [0.4, 0.5) is 4.39 Å². The molecule has 2 aliphatic rings. The Morgan fingerprint density at radius 1 is 0.909 bits per heavy atom. The molecule has 3 heterocycles. The van der Waals surface area contributed by atoms with Crippen LogP contribution < -0.4 is 4.57 Å². The zero-order chi connectivity index (χ0) is 22.9. The predicted molar refractivity (Wildman–Crippen MR) is 136 cm³/mol. The summed E-state index contributed by atoms with van der Waals surface area (Å²) >= 11 is -2.24. The van der Waals surface area contributed by atoms with Crippen LogP contribution in [0.25, 0.3) is 38.8 Å². The number of furan rings is 1. The van der Waals surface area contributed by atoms with E-state index in [0.717, 1.165) is 45.2 Å². The van der Waals surface area contributed by atoms with Crippen LogP contribution in [0.1, 0.15) is 36.8 Å². The monoisotopic (exact) mass is 500 g/mol. The topological polar surface area (TPSA) is 17.0 Å². The van der Waals surface area contributed by atoms with Gasteiger partial charge >= 0.3 is 197 Å². The fraction of sp³-hybridized carbons (Fsp3) is 0.276. The number of aromatic nitrogens is 1. The van der Waals surface area contributed by atoms with Gasteiger partial charge in [0.1, 0.15) is 0 Å². The van der Waals surface area contributed by atoms with Gasteiger partial charge in [0.15, 0.2) is 0 Å². The SMILES string of the molecule is Cc1ccc2c(oc3c(C4=[CH][Ge]([CH3])([CH3])[C]5=C4CCCC5)c(F)ccc32)c1-c1cccc[n+]1C. The summed E-state index contributed by atoms with van der Waals surface area (Å²) in [6.07, 6.45) is 6.77. The van der Waals surface area contributed by atoms with Crippen LogP contribution in [0, 0.1) is 12.7 Å². The van der Waals surface area contributed by atoms with Crippen molar-refractivity contribution in [2.45, 2.75) is 44.1 Å². The van der Waals surface area contributed by atoms with Gasteiger partial charge in [0.2, 0.25) is 0 Å². The van der Waals surface area contributed by atoms with E-state index in [-0.39, 0.29) is 5.82 Å². The first-order chi connectivity index (χ1) is 15.9. The third-order valence-electron chi connectivity index (χ3n) is 7.62. The molecule has 0 saturated carbocycles. The quantitative estimate of drug-likeness (QED) is 0.205. The number of hydrogen-bond donors (Lipinski definition) is 0. The summed E-state index contributed by atoms with van der Waals surface area (Å²) in [6.45, 7) is 2.12. The second-order valence-electron chi connectivity index (χ2n) is 10.2. The van der Waals surface area contributed by atoms with Crippen molar-refractivity contribution in [1.29, 1.82) is 0 Å². The molecule has 0 atom stereocenters. The van der Waals surface area contributed by atoms with Gasteiger partial charge in [-0.15, -0.1) is 0 Å². The van der Waals surface area contributed by atoms with E-state index in [1.807, 2.05) is 12.1 Å². The van der Waals surface area contributed by atoms with Gasteiger partial charge in [-0.25, -0.2) is 0 Å². The Balaban J connectivity index is 1.68. The van der Waals surface area contributed by atoms with Gasteiger partial charge in [-0.2, -0.15) is 0 Å². The van der Waals surface area contributed by atoms with E-state index in [9.17, 15) is 0 Å². The average molecular weight is 499 g/mol. The fourth-order valence-corrected chi connectivity index (χ4v) is 12.4. The van der Waals surface area contributed by atoms with Gasteiger partial charge in [0.25, 0.3) is 0 Å². The predicted octanol–water partition coefficient (Wildman–Crippen LogP) is 7.58. The maximum absolute atomic E-state index is 15.6. The normalized spacial score (nSPS) is 17.7. The van der Waals surface area contributed by atoms with E-state index in [4.69, 9.17) is 4.42 Å². The summed E-state index contributed by atoms with van der Waals surface area (Å²) in [5.41, 5.74) is 8.08. The number of benzene rings is 2. The molecule has 166 valence electrons. The van der Waals surface area contributed by atoms with E-state index in [1.165, 1.54) is 24.8 Å². The van der Waals surface area contributed by atoms with Crippen molar-refractivity contribution in [3.63, 3.8) is 0 Å². The summed E-state index contributed by atoms with van der Waals surface area (Å²) in [5, 5.41) is 2.05. The van der Waals surface area contributed by atoms with Crippen LogP contribution >= 0.6 is 0 Å². The second-order valence-corrected chi connectivity index (χ2v) is 19.3. The maximum atomic E-state index is 15.6. The van der Waals surface area contributed by atoms with Gasteiger partial charge in [0.05, 0.1) is 0 Å². The zero-order valence-corrected chi connectivity index (χ0v) is 21.9. The number of allylic oxidation sites excluding steroid dienone is 3. The van der Waals surface area contributed by atoms with Crippen LogP contribution in [0.15, 0.2) is 68.0 Å². The molecule has 0 fully saturated rings. The molecule has 0 bridgehead atoms. The van der Waals surface area contributed by atoms with Crippen LogP contribution in [0.5, 0.6) is 0 Å².